The number of nitrogens with zero attached hydrogens (tertiary/aromatic N) is 2. The van der Waals surface area contributed by atoms with Crippen molar-refractivity contribution in [3.8, 4) is 0 Å². The number of para-hydroxylation sites is 1. The number of carbonyl (C=O) groups excluding carboxylic acids is 1. The summed E-state index contributed by atoms with van der Waals surface area (Å²) in [6.07, 6.45) is 1.59. The van der Waals surface area contributed by atoms with E-state index in [-0.39, 0.29) is 25.0 Å². The predicted octanol–water partition coefficient (Wildman–Crippen LogP) is 3.49. The summed E-state index contributed by atoms with van der Waals surface area (Å²) in [5.74, 6) is -0.704. The largest absolute Gasteiger partial charge is 0.352 e. The topological polar surface area (TPSA) is 73.1 Å². The predicted molar refractivity (Wildman–Crippen MR) is 130 cm³/mol. The molecule has 0 spiro atoms. The molecule has 0 unspecified atom stereocenters. The third-order valence-corrected chi connectivity index (χ3v) is 5.80. The van der Waals surface area contributed by atoms with Crippen LogP contribution in [0.3, 0.4) is 0 Å². The molecule has 0 aliphatic rings. The molecule has 0 fully saturated rings. The number of aryl methyl sites for hydroxylation is 1. The van der Waals surface area contributed by atoms with E-state index in [9.17, 15) is 18.8 Å². The van der Waals surface area contributed by atoms with Crippen molar-refractivity contribution >= 4 is 16.8 Å². The van der Waals surface area contributed by atoms with Crippen LogP contribution in [0.25, 0.3) is 10.9 Å². The molecule has 0 bridgehead atoms. The first-order valence-corrected chi connectivity index (χ1v) is 11.2. The molecule has 4 aromatic rings. The number of amides is 1. The first kappa shape index (κ1) is 23.2. The number of fused-ring (bicyclic) bond motifs is 1. The van der Waals surface area contributed by atoms with Gasteiger partial charge in [-0.05, 0) is 55.2 Å². The van der Waals surface area contributed by atoms with Crippen molar-refractivity contribution in [3.63, 3.8) is 0 Å². The van der Waals surface area contributed by atoms with E-state index in [1.54, 1.807) is 24.3 Å². The summed E-state index contributed by atoms with van der Waals surface area (Å²) in [7, 11) is 0. The van der Waals surface area contributed by atoms with Gasteiger partial charge < -0.3 is 5.32 Å². The minimum Gasteiger partial charge on any atom is -0.352 e. The van der Waals surface area contributed by atoms with Crippen LogP contribution in [0, 0.1) is 5.82 Å². The second kappa shape index (κ2) is 10.3. The zero-order valence-electron chi connectivity index (χ0n) is 18.9. The van der Waals surface area contributed by atoms with Gasteiger partial charge in [0.05, 0.1) is 17.4 Å². The zero-order valence-corrected chi connectivity index (χ0v) is 18.9. The van der Waals surface area contributed by atoms with Gasteiger partial charge in [-0.1, -0.05) is 54.6 Å². The van der Waals surface area contributed by atoms with Gasteiger partial charge in [-0.15, -0.1) is 0 Å². The van der Waals surface area contributed by atoms with Crippen molar-refractivity contribution in [3.05, 3.63) is 117 Å². The Morgan fingerprint density at radius 3 is 2.29 bits per heavy atom. The number of rotatable bonds is 8. The van der Waals surface area contributed by atoms with Gasteiger partial charge in [-0.25, -0.2) is 9.18 Å². The van der Waals surface area contributed by atoms with E-state index < -0.39 is 17.1 Å². The minimum atomic E-state index is -0.583. The normalized spacial score (nSPS) is 11.9. The lowest BCUT2D eigenvalue weighted by atomic mass is 10.1. The van der Waals surface area contributed by atoms with Crippen molar-refractivity contribution in [2.24, 2.45) is 0 Å². The summed E-state index contributed by atoms with van der Waals surface area (Å²) < 4.78 is 15.7. The van der Waals surface area contributed by atoms with Gasteiger partial charge in [0.15, 0.2) is 0 Å². The molecule has 1 amide bonds. The van der Waals surface area contributed by atoms with Crippen LogP contribution < -0.4 is 16.6 Å². The van der Waals surface area contributed by atoms with Crippen LogP contribution in [0.4, 0.5) is 4.39 Å². The van der Waals surface area contributed by atoms with Gasteiger partial charge in [0.1, 0.15) is 12.4 Å². The standard InChI is InChI=1S/C27H26FN3O3/c1-19(11-12-20-7-3-2-4-8-20)29-25(32)18-30-24-10-6-5-9-23(24)26(33)31(27(30)34)17-21-13-15-22(28)16-14-21/h2-10,13-16,19H,11-12,17-18H2,1H3,(H,29,32)/t19-/m0/s1. The first-order valence-electron chi connectivity index (χ1n) is 11.2. The molecule has 1 heterocycles. The van der Waals surface area contributed by atoms with Crippen LogP contribution in [0.1, 0.15) is 24.5 Å². The smallest absolute Gasteiger partial charge is 0.332 e. The maximum atomic E-state index is 13.3. The monoisotopic (exact) mass is 459 g/mol. The van der Waals surface area contributed by atoms with E-state index in [0.717, 1.165) is 17.4 Å². The first-order chi connectivity index (χ1) is 16.4. The molecule has 4 rings (SSSR count). The Hall–Kier alpha value is -4.00. The highest BCUT2D eigenvalue weighted by molar-refractivity contribution is 5.81. The van der Waals surface area contributed by atoms with E-state index in [0.29, 0.717) is 16.5 Å². The molecule has 1 atom stereocenters. The molecule has 1 aromatic heterocycles. The number of aromatic nitrogens is 2. The van der Waals surface area contributed by atoms with E-state index in [2.05, 4.69) is 5.32 Å². The second-order valence-corrected chi connectivity index (χ2v) is 8.40. The van der Waals surface area contributed by atoms with E-state index in [4.69, 9.17) is 0 Å². The lowest BCUT2D eigenvalue weighted by Crippen LogP contribution is -2.44. The average Bonchev–Trinajstić information content (AvgIpc) is 2.85. The van der Waals surface area contributed by atoms with Gasteiger partial charge in [0.2, 0.25) is 5.91 Å². The summed E-state index contributed by atoms with van der Waals surface area (Å²) in [4.78, 5) is 39.1. The average molecular weight is 460 g/mol. The van der Waals surface area contributed by atoms with Crippen molar-refractivity contribution in [2.45, 2.75) is 38.9 Å². The fourth-order valence-electron chi connectivity index (χ4n) is 4.00. The van der Waals surface area contributed by atoms with Gasteiger partial charge >= 0.3 is 5.69 Å². The number of carbonyl (C=O) groups is 1. The van der Waals surface area contributed by atoms with Crippen LogP contribution >= 0.6 is 0 Å². The Labute approximate surface area is 196 Å². The third-order valence-electron chi connectivity index (χ3n) is 5.80. The van der Waals surface area contributed by atoms with Crippen molar-refractivity contribution in [1.82, 2.24) is 14.5 Å². The molecular weight excluding hydrogens is 433 g/mol. The molecule has 34 heavy (non-hydrogen) atoms. The maximum Gasteiger partial charge on any atom is 0.332 e. The molecule has 0 radical (unpaired) electrons. The number of hydrogen-bond donors (Lipinski definition) is 1. The molecule has 0 saturated heterocycles. The summed E-state index contributed by atoms with van der Waals surface area (Å²) >= 11 is 0. The fraction of sp³-hybridized carbons (Fsp3) is 0.222. The quantitative estimate of drug-likeness (QED) is 0.438. The van der Waals surface area contributed by atoms with E-state index >= 15 is 0 Å². The van der Waals surface area contributed by atoms with Crippen LogP contribution in [0.15, 0.2) is 88.5 Å². The Kier molecular flexibility index (Phi) is 7.01. The van der Waals surface area contributed by atoms with Crippen molar-refractivity contribution < 1.29 is 9.18 Å². The molecule has 6 nitrogen and oxygen atoms in total. The summed E-state index contributed by atoms with van der Waals surface area (Å²) in [6, 6.07) is 22.3. The Balaban J connectivity index is 1.57. The highest BCUT2D eigenvalue weighted by Gasteiger charge is 2.16. The lowest BCUT2D eigenvalue weighted by molar-refractivity contribution is -0.122. The van der Waals surface area contributed by atoms with Crippen LogP contribution in [-0.4, -0.2) is 21.1 Å². The molecule has 1 N–H and O–H groups in total. The Bertz CT molecular complexity index is 1410. The Morgan fingerprint density at radius 2 is 1.56 bits per heavy atom. The van der Waals surface area contributed by atoms with Crippen LogP contribution in [-0.2, 0) is 24.3 Å². The minimum absolute atomic E-state index is 0.0160. The lowest BCUT2D eigenvalue weighted by Gasteiger charge is -2.17. The summed E-state index contributed by atoms with van der Waals surface area (Å²) in [5, 5.41) is 3.29. The van der Waals surface area contributed by atoms with E-state index in [1.165, 1.54) is 34.4 Å². The van der Waals surface area contributed by atoms with Gasteiger partial charge in [0.25, 0.3) is 5.56 Å². The fourth-order valence-corrected chi connectivity index (χ4v) is 4.00. The maximum absolute atomic E-state index is 13.3. The third kappa shape index (κ3) is 5.31. The van der Waals surface area contributed by atoms with Crippen LogP contribution in [0.5, 0.6) is 0 Å². The number of halogens is 1. The summed E-state index contributed by atoms with van der Waals surface area (Å²) in [6.45, 7) is 1.70. The van der Waals surface area contributed by atoms with Gasteiger partial charge in [0, 0.05) is 6.04 Å². The second-order valence-electron chi connectivity index (χ2n) is 8.40. The van der Waals surface area contributed by atoms with E-state index in [1.807, 2.05) is 37.3 Å². The highest BCUT2D eigenvalue weighted by atomic mass is 19.1. The SMILES string of the molecule is C[C@@H](CCc1ccccc1)NC(=O)Cn1c(=O)n(Cc2ccc(F)cc2)c(=O)c2ccccc21. The highest BCUT2D eigenvalue weighted by Crippen LogP contribution is 2.10. The zero-order chi connectivity index (χ0) is 24.1. The molecule has 0 aliphatic heterocycles. The van der Waals surface area contributed by atoms with Gasteiger partial charge in [-0.2, -0.15) is 0 Å². The number of hydrogen-bond acceptors (Lipinski definition) is 3. The Morgan fingerprint density at radius 1 is 0.882 bits per heavy atom. The molecule has 3 aromatic carbocycles. The van der Waals surface area contributed by atoms with Crippen LogP contribution in [0.2, 0.25) is 0 Å². The molecule has 174 valence electrons. The van der Waals surface area contributed by atoms with Gasteiger partial charge in [-0.3, -0.25) is 18.7 Å². The molecular formula is C27H26FN3O3. The molecule has 0 aliphatic carbocycles. The molecule has 7 heteroatoms. The van der Waals surface area contributed by atoms with Crippen molar-refractivity contribution in [1.29, 1.82) is 0 Å². The number of benzene rings is 3. The van der Waals surface area contributed by atoms with Crippen molar-refractivity contribution in [2.75, 3.05) is 0 Å². The molecule has 0 saturated carbocycles. The summed E-state index contributed by atoms with van der Waals surface area (Å²) in [5.41, 5.74) is 1.18. The number of nitrogens with one attached hydrogen (secondary N) is 1.